The van der Waals surface area contributed by atoms with Gasteiger partial charge in [0.1, 0.15) is 5.21 Å². The molecule has 1 aliphatic heterocycles. The van der Waals surface area contributed by atoms with Crippen LogP contribution in [0.4, 0.5) is 11.6 Å². The van der Waals surface area contributed by atoms with E-state index in [-0.39, 0.29) is 5.91 Å². The number of benzene rings is 1. The standard InChI is InChI=1S/C17H14BrN7O/c1-10-14(16(26)21-13-6-3-7-19-9-13)15(11-4-2-5-12(18)8-11)25-17(20-10)22-23-24-25/h2-9,15H,1H3,(H2,20,21,22,24,26)/p+1. The molecule has 3 N–H and O–H groups in total. The van der Waals surface area contributed by atoms with Crippen molar-refractivity contribution in [3.05, 3.63) is 70.1 Å². The summed E-state index contributed by atoms with van der Waals surface area (Å²) in [6.45, 7) is 1.85. The molecule has 1 unspecified atom stereocenters. The van der Waals surface area contributed by atoms with Gasteiger partial charge in [0, 0.05) is 10.7 Å². The van der Waals surface area contributed by atoms with Crippen molar-refractivity contribution in [1.82, 2.24) is 20.5 Å². The van der Waals surface area contributed by atoms with E-state index in [1.165, 1.54) is 0 Å². The van der Waals surface area contributed by atoms with E-state index in [4.69, 9.17) is 0 Å². The predicted octanol–water partition coefficient (Wildman–Crippen LogP) is 2.18. The minimum Gasteiger partial charge on any atom is -0.321 e. The maximum Gasteiger partial charge on any atom is 0.405 e. The highest BCUT2D eigenvalue weighted by atomic mass is 79.9. The number of H-pyrrole nitrogens is 1. The van der Waals surface area contributed by atoms with Crippen molar-refractivity contribution < 1.29 is 9.48 Å². The van der Waals surface area contributed by atoms with Crippen molar-refractivity contribution in [3.8, 4) is 0 Å². The van der Waals surface area contributed by atoms with Crippen LogP contribution in [-0.2, 0) is 4.79 Å². The zero-order valence-corrected chi connectivity index (χ0v) is 15.4. The molecule has 0 radical (unpaired) electrons. The molecule has 3 aromatic rings. The minimum atomic E-state index is -0.393. The van der Waals surface area contributed by atoms with Crippen LogP contribution < -0.4 is 15.3 Å². The van der Waals surface area contributed by atoms with Gasteiger partial charge in [0.15, 0.2) is 6.04 Å². The number of carbonyl (C=O) groups excluding carboxylic acids is 1. The lowest BCUT2D eigenvalue weighted by atomic mass is 9.95. The Hall–Kier alpha value is -3.07. The highest BCUT2D eigenvalue weighted by Crippen LogP contribution is 2.30. The highest BCUT2D eigenvalue weighted by Gasteiger charge is 2.38. The number of carbonyl (C=O) groups is 1. The summed E-state index contributed by atoms with van der Waals surface area (Å²) in [5.74, 6) is 0.325. The normalized spacial score (nSPS) is 16.0. The number of pyridine rings is 1. The van der Waals surface area contributed by atoms with Gasteiger partial charge in [-0.1, -0.05) is 28.1 Å². The average molecular weight is 413 g/mol. The smallest absolute Gasteiger partial charge is 0.321 e. The topological polar surface area (TPSA) is 99.5 Å². The van der Waals surface area contributed by atoms with Crippen LogP contribution >= 0.6 is 15.9 Å². The summed E-state index contributed by atoms with van der Waals surface area (Å²) >= 11 is 3.49. The summed E-state index contributed by atoms with van der Waals surface area (Å²) in [4.78, 5) is 17.1. The summed E-state index contributed by atoms with van der Waals surface area (Å²) in [7, 11) is 0. The summed E-state index contributed by atoms with van der Waals surface area (Å²) in [6.07, 6.45) is 3.26. The Balaban J connectivity index is 1.78. The number of allylic oxidation sites excluding steroid dienone is 1. The summed E-state index contributed by atoms with van der Waals surface area (Å²) in [5.41, 5.74) is 2.83. The van der Waals surface area contributed by atoms with Crippen LogP contribution in [0.5, 0.6) is 0 Å². The van der Waals surface area contributed by atoms with E-state index in [1.807, 2.05) is 31.2 Å². The Labute approximate surface area is 157 Å². The molecule has 0 aliphatic carbocycles. The first-order valence-electron chi connectivity index (χ1n) is 7.90. The molecule has 0 saturated carbocycles. The second-order valence-corrected chi connectivity index (χ2v) is 6.73. The number of rotatable bonds is 3. The Morgan fingerprint density at radius 1 is 1.31 bits per heavy atom. The molecule has 3 heterocycles. The number of aromatic amines is 1. The Kier molecular flexibility index (Phi) is 4.21. The molecule has 8 nitrogen and oxygen atoms in total. The number of amides is 1. The predicted molar refractivity (Wildman–Crippen MR) is 98.0 cm³/mol. The molecule has 26 heavy (non-hydrogen) atoms. The number of nitrogens with one attached hydrogen (secondary N) is 3. The van der Waals surface area contributed by atoms with Gasteiger partial charge in [0.05, 0.1) is 28.3 Å². The van der Waals surface area contributed by atoms with E-state index in [2.05, 4.69) is 47.1 Å². The van der Waals surface area contributed by atoms with Gasteiger partial charge < -0.3 is 5.32 Å². The quantitative estimate of drug-likeness (QED) is 0.572. The van der Waals surface area contributed by atoms with E-state index in [9.17, 15) is 4.79 Å². The summed E-state index contributed by atoms with van der Waals surface area (Å²) in [6, 6.07) is 11.0. The lowest BCUT2D eigenvalue weighted by Gasteiger charge is -2.24. The van der Waals surface area contributed by atoms with Crippen LogP contribution in [0.1, 0.15) is 18.5 Å². The molecule has 1 atom stereocenters. The highest BCUT2D eigenvalue weighted by molar-refractivity contribution is 9.10. The van der Waals surface area contributed by atoms with Crippen molar-refractivity contribution in [2.75, 3.05) is 10.6 Å². The Morgan fingerprint density at radius 3 is 2.96 bits per heavy atom. The first-order chi connectivity index (χ1) is 12.6. The molecule has 1 aliphatic rings. The third-order valence-corrected chi connectivity index (χ3v) is 4.58. The maximum absolute atomic E-state index is 13.1. The summed E-state index contributed by atoms with van der Waals surface area (Å²) in [5, 5.41) is 16.8. The van der Waals surface area contributed by atoms with Crippen LogP contribution in [0.2, 0.25) is 0 Å². The number of nitrogens with zero attached hydrogens (tertiary/aromatic N) is 4. The van der Waals surface area contributed by atoms with E-state index in [0.717, 1.165) is 10.0 Å². The number of anilines is 2. The van der Waals surface area contributed by atoms with Gasteiger partial charge in [-0.15, -0.1) is 9.90 Å². The van der Waals surface area contributed by atoms with Crippen molar-refractivity contribution in [2.45, 2.75) is 13.0 Å². The number of halogens is 1. The molecular weight excluding hydrogens is 398 g/mol. The van der Waals surface area contributed by atoms with Crippen LogP contribution in [0.25, 0.3) is 0 Å². The van der Waals surface area contributed by atoms with Crippen molar-refractivity contribution in [1.29, 1.82) is 0 Å². The Bertz CT molecular complexity index is 999. The molecule has 0 fully saturated rings. The zero-order chi connectivity index (χ0) is 18.1. The van der Waals surface area contributed by atoms with E-state index >= 15 is 0 Å². The Morgan fingerprint density at radius 2 is 2.19 bits per heavy atom. The van der Waals surface area contributed by atoms with Crippen LogP contribution in [0.15, 0.2) is 64.5 Å². The largest absolute Gasteiger partial charge is 0.405 e. The second-order valence-electron chi connectivity index (χ2n) is 5.81. The van der Waals surface area contributed by atoms with E-state index in [1.54, 1.807) is 29.2 Å². The SMILES string of the molecule is CC1=C(C(=O)Nc2cccnc2)C(c2cccc(Br)c2)[n+]2[nH]nnc2N1. The fourth-order valence-corrected chi connectivity index (χ4v) is 3.39. The van der Waals surface area contributed by atoms with Gasteiger partial charge in [-0.2, -0.15) is 0 Å². The van der Waals surface area contributed by atoms with Gasteiger partial charge in [0.2, 0.25) is 0 Å². The van der Waals surface area contributed by atoms with Crippen LogP contribution in [0, 0.1) is 0 Å². The molecule has 2 aromatic heterocycles. The molecule has 9 heteroatoms. The molecule has 1 aromatic carbocycles. The monoisotopic (exact) mass is 412 g/mol. The average Bonchev–Trinajstić information content (AvgIpc) is 3.09. The second kappa shape index (κ2) is 6.68. The van der Waals surface area contributed by atoms with Crippen molar-refractivity contribution in [3.63, 3.8) is 0 Å². The van der Waals surface area contributed by atoms with Gasteiger partial charge in [-0.05, 0) is 36.8 Å². The zero-order valence-electron chi connectivity index (χ0n) is 13.8. The number of aromatic nitrogens is 5. The van der Waals surface area contributed by atoms with Crippen molar-refractivity contribution >= 4 is 33.5 Å². The number of tetrazole rings is 1. The minimum absolute atomic E-state index is 0.222. The third-order valence-electron chi connectivity index (χ3n) is 4.09. The lowest BCUT2D eigenvalue weighted by molar-refractivity contribution is -0.750. The van der Waals surface area contributed by atoms with Crippen LogP contribution in [0.3, 0.4) is 0 Å². The molecule has 130 valence electrons. The van der Waals surface area contributed by atoms with Gasteiger partial charge in [-0.25, -0.2) is 0 Å². The fourth-order valence-electron chi connectivity index (χ4n) is 2.97. The van der Waals surface area contributed by atoms with Gasteiger partial charge in [0.25, 0.3) is 5.91 Å². The lowest BCUT2D eigenvalue weighted by Crippen LogP contribution is -2.50. The van der Waals surface area contributed by atoms with Gasteiger partial charge >= 0.3 is 5.95 Å². The fraction of sp³-hybridized carbons (Fsp3) is 0.118. The molecule has 0 saturated heterocycles. The van der Waals surface area contributed by atoms with Crippen molar-refractivity contribution in [2.24, 2.45) is 0 Å². The van der Waals surface area contributed by atoms with E-state index < -0.39 is 6.04 Å². The van der Waals surface area contributed by atoms with E-state index in [0.29, 0.717) is 22.9 Å². The molecule has 1 amide bonds. The molecular formula is C17H15BrN7O+. The first kappa shape index (κ1) is 16.4. The molecule has 0 bridgehead atoms. The van der Waals surface area contributed by atoms with Crippen LogP contribution in [-0.4, -0.2) is 26.4 Å². The molecule has 4 rings (SSSR count). The number of fused-ring (bicyclic) bond motifs is 1. The van der Waals surface area contributed by atoms with Gasteiger partial charge in [-0.3, -0.25) is 15.1 Å². The first-order valence-corrected chi connectivity index (χ1v) is 8.70. The molecule has 0 spiro atoms. The third kappa shape index (κ3) is 2.97. The summed E-state index contributed by atoms with van der Waals surface area (Å²) < 4.78 is 2.65. The number of hydrogen-bond acceptors (Lipinski definition) is 5. The maximum atomic E-state index is 13.1. The number of hydrogen-bond donors (Lipinski definition) is 3.